The fourth-order valence-electron chi connectivity index (χ4n) is 5.94. The van der Waals surface area contributed by atoms with Crippen LogP contribution in [-0.2, 0) is 19.2 Å². The minimum atomic E-state index is -0.226. The molecule has 2 amide bonds. The molecule has 2 aliphatic rings. The number of hydrogen-bond donors (Lipinski definition) is 2. The van der Waals surface area contributed by atoms with Gasteiger partial charge in [0.1, 0.15) is 11.5 Å². The minimum Gasteiger partial charge on any atom is -0.426 e. The van der Waals surface area contributed by atoms with E-state index in [0.717, 1.165) is 89.9 Å². The number of unbranched alkanes of at least 4 members (excludes halogenated alkanes) is 4. The summed E-state index contributed by atoms with van der Waals surface area (Å²) in [6.07, 6.45) is 14.1. The lowest BCUT2D eigenvalue weighted by atomic mass is 9.82. The molecule has 8 heteroatoms. The number of ether oxygens (including phenoxy) is 2. The van der Waals surface area contributed by atoms with Crippen LogP contribution in [0.1, 0.15) is 117 Å². The molecule has 0 atom stereocenters. The number of hydrogen-bond acceptors (Lipinski definition) is 6. The van der Waals surface area contributed by atoms with Crippen molar-refractivity contribution in [1.29, 1.82) is 0 Å². The molecule has 1 aromatic carbocycles. The zero-order valence-electron chi connectivity index (χ0n) is 25.8. The van der Waals surface area contributed by atoms with Crippen molar-refractivity contribution in [2.45, 2.75) is 117 Å². The first-order valence-electron chi connectivity index (χ1n) is 16.4. The third-order valence-electron chi connectivity index (χ3n) is 8.81. The highest BCUT2D eigenvalue weighted by Crippen LogP contribution is 2.32. The van der Waals surface area contributed by atoms with Crippen molar-refractivity contribution in [3.05, 3.63) is 24.3 Å². The van der Waals surface area contributed by atoms with Crippen LogP contribution in [0.25, 0.3) is 0 Å². The van der Waals surface area contributed by atoms with E-state index in [4.69, 9.17) is 9.47 Å². The van der Waals surface area contributed by atoms with Crippen LogP contribution in [0.5, 0.6) is 11.5 Å². The van der Waals surface area contributed by atoms with Gasteiger partial charge >= 0.3 is 11.9 Å². The minimum absolute atomic E-state index is 0.126. The Bertz CT molecular complexity index is 899. The summed E-state index contributed by atoms with van der Waals surface area (Å²) in [4.78, 5) is 49.4. The van der Waals surface area contributed by atoms with Crippen LogP contribution in [0.4, 0.5) is 0 Å². The number of benzene rings is 1. The van der Waals surface area contributed by atoms with E-state index in [9.17, 15) is 19.2 Å². The molecule has 0 heterocycles. The van der Waals surface area contributed by atoms with Crippen molar-refractivity contribution in [2.75, 3.05) is 13.1 Å². The first-order valence-corrected chi connectivity index (χ1v) is 16.4. The van der Waals surface area contributed by atoms with Gasteiger partial charge in [0.2, 0.25) is 11.8 Å². The van der Waals surface area contributed by atoms with E-state index in [0.29, 0.717) is 49.3 Å². The van der Waals surface area contributed by atoms with Gasteiger partial charge in [-0.25, -0.2) is 0 Å². The maximum atomic E-state index is 12.7. The molecule has 2 N–H and O–H groups in total. The normalized spacial score (nSPS) is 22.1. The van der Waals surface area contributed by atoms with Crippen LogP contribution >= 0.6 is 0 Å². The highest BCUT2D eigenvalue weighted by Gasteiger charge is 2.29. The molecule has 0 spiro atoms. The van der Waals surface area contributed by atoms with Crippen LogP contribution in [-0.4, -0.2) is 36.8 Å². The summed E-state index contributed by atoms with van der Waals surface area (Å²) < 4.78 is 11.2. The van der Waals surface area contributed by atoms with Crippen LogP contribution < -0.4 is 20.1 Å². The van der Waals surface area contributed by atoms with Gasteiger partial charge in [-0.3, -0.25) is 19.2 Å². The van der Waals surface area contributed by atoms with Crippen LogP contribution in [0.15, 0.2) is 24.3 Å². The molecule has 2 aliphatic carbocycles. The third kappa shape index (κ3) is 12.1. The quantitative estimate of drug-likeness (QED) is 0.130. The van der Waals surface area contributed by atoms with Gasteiger partial charge in [0.25, 0.3) is 0 Å². The summed E-state index contributed by atoms with van der Waals surface area (Å²) in [5.74, 6) is 1.24. The molecule has 1 aromatic rings. The van der Waals surface area contributed by atoms with Crippen molar-refractivity contribution in [3.63, 3.8) is 0 Å². The zero-order chi connectivity index (χ0) is 30.2. The molecule has 0 unspecified atom stereocenters. The highest BCUT2D eigenvalue weighted by atomic mass is 16.5. The number of esters is 2. The molecule has 0 saturated heterocycles. The van der Waals surface area contributed by atoms with Gasteiger partial charge in [-0.1, -0.05) is 39.5 Å². The summed E-state index contributed by atoms with van der Waals surface area (Å²) in [5.41, 5.74) is 0. The lowest BCUT2D eigenvalue weighted by Gasteiger charge is -2.27. The fraction of sp³-hybridized carbons (Fsp3) is 0.706. The van der Waals surface area contributed by atoms with E-state index in [-0.39, 0.29) is 35.6 Å². The predicted octanol–water partition coefficient (Wildman–Crippen LogP) is 6.50. The van der Waals surface area contributed by atoms with E-state index in [1.165, 1.54) is 0 Å². The number of amides is 2. The lowest BCUT2D eigenvalue weighted by molar-refractivity contribution is -0.141. The molecule has 0 aliphatic heterocycles. The van der Waals surface area contributed by atoms with Crippen LogP contribution in [0.3, 0.4) is 0 Å². The summed E-state index contributed by atoms with van der Waals surface area (Å²) in [6, 6.07) is 6.67. The SMILES string of the molecule is CCCCCC(=O)NCC1CCC(C(=O)Oc2ccc(OC(=O)C3CCC(CNC(=O)CCCCC)CC3)cc2)CC1. The van der Waals surface area contributed by atoms with Gasteiger partial charge in [-0.05, 0) is 100 Å². The summed E-state index contributed by atoms with van der Waals surface area (Å²) in [5, 5.41) is 6.10. The van der Waals surface area contributed by atoms with Gasteiger partial charge in [-0.15, -0.1) is 0 Å². The van der Waals surface area contributed by atoms with Crippen molar-refractivity contribution in [1.82, 2.24) is 10.6 Å². The smallest absolute Gasteiger partial charge is 0.314 e. The Morgan fingerprint density at radius 3 is 1.29 bits per heavy atom. The van der Waals surface area contributed by atoms with Gasteiger partial charge in [0, 0.05) is 25.9 Å². The molecule has 234 valence electrons. The van der Waals surface area contributed by atoms with Gasteiger partial charge in [0.15, 0.2) is 0 Å². The van der Waals surface area contributed by atoms with Crippen molar-refractivity contribution >= 4 is 23.8 Å². The van der Waals surface area contributed by atoms with E-state index >= 15 is 0 Å². The average Bonchev–Trinajstić information content (AvgIpc) is 3.00. The second kappa shape index (κ2) is 18.6. The Hall–Kier alpha value is -2.90. The topological polar surface area (TPSA) is 111 Å². The number of carbonyl (C=O) groups is 4. The fourth-order valence-corrected chi connectivity index (χ4v) is 5.94. The van der Waals surface area contributed by atoms with E-state index in [1.807, 2.05) is 0 Å². The Balaban J connectivity index is 1.31. The molecule has 8 nitrogen and oxygen atoms in total. The molecule has 0 radical (unpaired) electrons. The van der Waals surface area contributed by atoms with Crippen molar-refractivity contribution in [2.24, 2.45) is 23.7 Å². The molecule has 2 fully saturated rings. The second-order valence-electron chi connectivity index (χ2n) is 12.3. The second-order valence-corrected chi connectivity index (χ2v) is 12.3. The molecular formula is C34H52N2O6. The Kier molecular flexibility index (Phi) is 14.9. The van der Waals surface area contributed by atoms with Gasteiger partial charge in [-0.2, -0.15) is 0 Å². The molecule has 0 bridgehead atoms. The Labute approximate surface area is 252 Å². The van der Waals surface area contributed by atoms with Gasteiger partial charge < -0.3 is 20.1 Å². The first kappa shape index (κ1) is 33.6. The molecule has 2 saturated carbocycles. The molecule has 0 aromatic heterocycles. The van der Waals surface area contributed by atoms with Crippen molar-refractivity contribution in [3.8, 4) is 11.5 Å². The number of nitrogens with one attached hydrogen (secondary N) is 2. The summed E-state index contributed by atoms with van der Waals surface area (Å²) >= 11 is 0. The van der Waals surface area contributed by atoms with E-state index in [1.54, 1.807) is 24.3 Å². The summed E-state index contributed by atoms with van der Waals surface area (Å²) in [6.45, 7) is 5.63. The lowest BCUT2D eigenvalue weighted by Crippen LogP contribution is -2.33. The molecule has 3 rings (SSSR count). The number of carbonyl (C=O) groups excluding carboxylic acids is 4. The Morgan fingerprint density at radius 1 is 0.595 bits per heavy atom. The molecular weight excluding hydrogens is 532 g/mol. The number of rotatable bonds is 16. The highest BCUT2D eigenvalue weighted by molar-refractivity contribution is 5.77. The third-order valence-corrected chi connectivity index (χ3v) is 8.81. The monoisotopic (exact) mass is 584 g/mol. The zero-order valence-corrected chi connectivity index (χ0v) is 25.8. The van der Waals surface area contributed by atoms with Crippen LogP contribution in [0.2, 0.25) is 0 Å². The maximum Gasteiger partial charge on any atom is 0.314 e. The predicted molar refractivity (Wildman–Crippen MR) is 163 cm³/mol. The average molecular weight is 585 g/mol. The van der Waals surface area contributed by atoms with Gasteiger partial charge in [0.05, 0.1) is 11.8 Å². The first-order chi connectivity index (χ1) is 20.4. The van der Waals surface area contributed by atoms with Crippen molar-refractivity contribution < 1.29 is 28.7 Å². The van der Waals surface area contributed by atoms with Crippen LogP contribution in [0, 0.1) is 23.7 Å². The maximum absolute atomic E-state index is 12.7. The molecule has 42 heavy (non-hydrogen) atoms. The van der Waals surface area contributed by atoms with E-state index < -0.39 is 0 Å². The summed E-state index contributed by atoms with van der Waals surface area (Å²) in [7, 11) is 0. The standard InChI is InChI=1S/C34H52N2O6/c1-3-5-7-9-31(37)35-23-25-11-15-27(16-12-25)33(39)41-29-19-21-30(22-20-29)42-34(40)28-17-13-26(14-18-28)24-36-32(38)10-8-6-4-2/h19-22,25-28H,3-18,23-24H2,1-2H3,(H,35,37)(H,36,38). The largest absolute Gasteiger partial charge is 0.426 e. The van der Waals surface area contributed by atoms with E-state index in [2.05, 4.69) is 24.5 Å². The Morgan fingerprint density at radius 2 is 0.952 bits per heavy atom.